The van der Waals surface area contributed by atoms with E-state index in [1.807, 2.05) is 32.9 Å². The molecule has 1 rings (SSSR count). The minimum Gasteiger partial charge on any atom is -0.491 e. The van der Waals surface area contributed by atoms with Crippen LogP contribution in [0.5, 0.6) is 5.75 Å². The zero-order chi connectivity index (χ0) is 11.4. The lowest BCUT2D eigenvalue weighted by atomic mass is 10.2. The Morgan fingerprint density at radius 3 is 2.53 bits per heavy atom. The van der Waals surface area contributed by atoms with Gasteiger partial charge in [0, 0.05) is 13.1 Å². The van der Waals surface area contributed by atoms with E-state index in [-0.39, 0.29) is 6.10 Å². The molecule has 4 heteroatoms. The fourth-order valence-electron chi connectivity index (χ4n) is 1.26. The van der Waals surface area contributed by atoms with Crippen LogP contribution in [0.15, 0.2) is 12.1 Å². The first-order valence-corrected chi connectivity index (χ1v) is 5.32. The van der Waals surface area contributed by atoms with Crippen LogP contribution in [0.3, 0.4) is 0 Å². The van der Waals surface area contributed by atoms with Gasteiger partial charge < -0.3 is 10.2 Å². The zero-order valence-electron chi connectivity index (χ0n) is 9.52. The summed E-state index contributed by atoms with van der Waals surface area (Å²) in [5.41, 5.74) is 7.65. The molecule has 0 bridgehead atoms. The summed E-state index contributed by atoms with van der Waals surface area (Å²) in [4.78, 5) is 0. The molecule has 15 heavy (non-hydrogen) atoms. The summed E-state index contributed by atoms with van der Waals surface area (Å²) >= 11 is 6.06. The van der Waals surface area contributed by atoms with E-state index in [2.05, 4.69) is 10.9 Å². The summed E-state index contributed by atoms with van der Waals surface area (Å²) in [6.07, 6.45) is 0.160. The molecule has 0 aliphatic heterocycles. The molecule has 84 valence electrons. The summed E-state index contributed by atoms with van der Waals surface area (Å²) < 4.78 is 5.66. The summed E-state index contributed by atoms with van der Waals surface area (Å²) in [7, 11) is 1.79. The predicted octanol–water partition coefficient (Wildman–Crippen LogP) is 2.98. The van der Waals surface area contributed by atoms with E-state index >= 15 is 0 Å². The second-order valence-corrected chi connectivity index (χ2v) is 4.05. The number of ether oxygens (including phenoxy) is 1. The highest BCUT2D eigenvalue weighted by Crippen LogP contribution is 2.30. The molecule has 2 N–H and O–H groups in total. The molecule has 0 aromatic heterocycles. The lowest BCUT2D eigenvalue weighted by molar-refractivity contribution is 0.241. The SMILES string of the molecule is CNNc1cc(OC(C)C)c(C)cc1Cl. The van der Waals surface area contributed by atoms with E-state index < -0.39 is 0 Å². The average molecular weight is 229 g/mol. The van der Waals surface area contributed by atoms with Crippen molar-refractivity contribution < 1.29 is 4.74 Å². The maximum absolute atomic E-state index is 6.06. The molecule has 1 aromatic carbocycles. The number of rotatable bonds is 4. The highest BCUT2D eigenvalue weighted by Gasteiger charge is 2.07. The molecule has 0 aliphatic carbocycles. The Hall–Kier alpha value is -0.930. The highest BCUT2D eigenvalue weighted by molar-refractivity contribution is 6.33. The van der Waals surface area contributed by atoms with Crippen LogP contribution in [-0.2, 0) is 0 Å². The third kappa shape index (κ3) is 3.29. The fourth-order valence-corrected chi connectivity index (χ4v) is 1.53. The molecule has 0 aliphatic rings. The van der Waals surface area contributed by atoms with Crippen molar-refractivity contribution in [3.05, 3.63) is 22.7 Å². The van der Waals surface area contributed by atoms with Crippen molar-refractivity contribution in [2.24, 2.45) is 0 Å². The van der Waals surface area contributed by atoms with Crippen molar-refractivity contribution in [2.75, 3.05) is 12.5 Å². The molecular weight excluding hydrogens is 212 g/mol. The minimum absolute atomic E-state index is 0.160. The van der Waals surface area contributed by atoms with Gasteiger partial charge in [0.05, 0.1) is 16.8 Å². The van der Waals surface area contributed by atoms with Gasteiger partial charge in [0.1, 0.15) is 5.75 Å². The molecule has 0 spiro atoms. The Bertz CT molecular complexity index is 340. The molecule has 0 unspecified atom stereocenters. The van der Waals surface area contributed by atoms with Crippen molar-refractivity contribution in [3.63, 3.8) is 0 Å². The van der Waals surface area contributed by atoms with Crippen molar-refractivity contribution in [3.8, 4) is 5.75 Å². The van der Waals surface area contributed by atoms with E-state index in [9.17, 15) is 0 Å². The molecule has 0 atom stereocenters. The first-order valence-electron chi connectivity index (χ1n) is 4.94. The Morgan fingerprint density at radius 1 is 1.33 bits per heavy atom. The van der Waals surface area contributed by atoms with Crippen LogP contribution in [-0.4, -0.2) is 13.2 Å². The number of aryl methyl sites for hydroxylation is 1. The summed E-state index contributed by atoms with van der Waals surface area (Å²) in [6, 6.07) is 3.78. The van der Waals surface area contributed by atoms with Gasteiger partial charge in [-0.15, -0.1) is 0 Å². The van der Waals surface area contributed by atoms with Gasteiger partial charge in [-0.3, -0.25) is 0 Å². The van der Waals surface area contributed by atoms with Gasteiger partial charge in [0.2, 0.25) is 0 Å². The predicted molar refractivity (Wildman–Crippen MR) is 64.6 cm³/mol. The van der Waals surface area contributed by atoms with Crippen LogP contribution in [0, 0.1) is 6.92 Å². The molecule has 0 heterocycles. The average Bonchev–Trinajstić information content (AvgIpc) is 2.12. The van der Waals surface area contributed by atoms with Crippen molar-refractivity contribution in [2.45, 2.75) is 26.9 Å². The van der Waals surface area contributed by atoms with Crippen molar-refractivity contribution in [1.29, 1.82) is 0 Å². The monoisotopic (exact) mass is 228 g/mol. The van der Waals surface area contributed by atoms with E-state index in [4.69, 9.17) is 16.3 Å². The Kier molecular flexibility index (Phi) is 4.24. The van der Waals surface area contributed by atoms with Gasteiger partial charge in [-0.2, -0.15) is 0 Å². The number of hydrogen-bond acceptors (Lipinski definition) is 3. The first-order chi connectivity index (χ1) is 7.04. The second kappa shape index (κ2) is 5.24. The maximum atomic E-state index is 6.06. The maximum Gasteiger partial charge on any atom is 0.124 e. The lowest BCUT2D eigenvalue weighted by Gasteiger charge is -2.15. The van der Waals surface area contributed by atoms with Crippen LogP contribution in [0.1, 0.15) is 19.4 Å². The molecule has 0 amide bonds. The van der Waals surface area contributed by atoms with Gasteiger partial charge in [-0.1, -0.05) is 11.6 Å². The van der Waals surface area contributed by atoms with Crippen molar-refractivity contribution >= 4 is 17.3 Å². The van der Waals surface area contributed by atoms with E-state index in [0.29, 0.717) is 5.02 Å². The van der Waals surface area contributed by atoms with E-state index in [1.54, 1.807) is 7.05 Å². The van der Waals surface area contributed by atoms with Crippen LogP contribution in [0.4, 0.5) is 5.69 Å². The summed E-state index contributed by atoms with van der Waals surface area (Å²) in [5.74, 6) is 0.854. The Morgan fingerprint density at radius 2 is 2.00 bits per heavy atom. The van der Waals surface area contributed by atoms with Crippen LogP contribution in [0.25, 0.3) is 0 Å². The van der Waals surface area contributed by atoms with Crippen LogP contribution in [0.2, 0.25) is 5.02 Å². The van der Waals surface area contributed by atoms with E-state index in [0.717, 1.165) is 17.0 Å². The third-order valence-corrected chi connectivity index (χ3v) is 2.20. The number of hydrogen-bond donors (Lipinski definition) is 2. The number of halogens is 1. The van der Waals surface area contributed by atoms with Crippen molar-refractivity contribution in [1.82, 2.24) is 5.43 Å². The van der Waals surface area contributed by atoms with E-state index in [1.165, 1.54) is 0 Å². The highest BCUT2D eigenvalue weighted by atomic mass is 35.5. The molecule has 0 saturated heterocycles. The Labute approximate surface area is 95.7 Å². The topological polar surface area (TPSA) is 33.3 Å². The standard InChI is InChI=1S/C11H17ClN2O/c1-7(2)15-11-6-10(14-13-4)9(12)5-8(11)3/h5-7,13-14H,1-4H3. The van der Waals surface area contributed by atoms with Gasteiger partial charge in [0.15, 0.2) is 0 Å². The molecule has 3 nitrogen and oxygen atoms in total. The molecular formula is C11H17ClN2O. The number of hydrazine groups is 1. The van der Waals surface area contributed by atoms with Crippen LogP contribution >= 0.6 is 11.6 Å². The Balaban J connectivity index is 3.00. The normalized spacial score (nSPS) is 10.5. The van der Waals surface area contributed by atoms with Gasteiger partial charge >= 0.3 is 0 Å². The number of benzene rings is 1. The number of nitrogens with one attached hydrogen (secondary N) is 2. The molecule has 1 aromatic rings. The third-order valence-electron chi connectivity index (χ3n) is 1.89. The number of anilines is 1. The van der Waals surface area contributed by atoms with Gasteiger partial charge in [-0.05, 0) is 32.4 Å². The second-order valence-electron chi connectivity index (χ2n) is 3.64. The quantitative estimate of drug-likeness (QED) is 0.778. The zero-order valence-corrected chi connectivity index (χ0v) is 10.3. The molecule has 0 saturated carbocycles. The summed E-state index contributed by atoms with van der Waals surface area (Å²) in [6.45, 7) is 5.98. The summed E-state index contributed by atoms with van der Waals surface area (Å²) in [5, 5.41) is 0.679. The van der Waals surface area contributed by atoms with Gasteiger partial charge in [-0.25, -0.2) is 5.43 Å². The minimum atomic E-state index is 0.160. The lowest BCUT2D eigenvalue weighted by Crippen LogP contribution is -2.16. The largest absolute Gasteiger partial charge is 0.491 e. The van der Waals surface area contributed by atoms with Crippen LogP contribution < -0.4 is 15.6 Å². The molecule has 0 radical (unpaired) electrons. The van der Waals surface area contributed by atoms with Gasteiger partial charge in [0.25, 0.3) is 0 Å². The smallest absolute Gasteiger partial charge is 0.124 e. The fraction of sp³-hybridized carbons (Fsp3) is 0.455. The molecule has 0 fully saturated rings. The first kappa shape index (κ1) is 12.1.